The molecule has 0 aliphatic heterocycles. The molecule has 1 rings (SSSR count). The van der Waals surface area contributed by atoms with Gasteiger partial charge in [-0.3, -0.25) is 0 Å². The van der Waals surface area contributed by atoms with E-state index in [0.717, 1.165) is 31.2 Å². The van der Waals surface area contributed by atoms with Crippen LogP contribution in [0.5, 0.6) is 0 Å². The molecule has 0 saturated carbocycles. The van der Waals surface area contributed by atoms with Crippen molar-refractivity contribution >= 4 is 24.2 Å². The number of thioether (sulfide) groups is 1. The third kappa shape index (κ3) is 7.70. The van der Waals surface area contributed by atoms with Gasteiger partial charge < -0.3 is 5.73 Å². The Labute approximate surface area is 122 Å². The molecule has 0 amide bonds. The Morgan fingerprint density at radius 1 is 1.16 bits per heavy atom. The molecule has 0 unspecified atom stereocenters. The van der Waals surface area contributed by atoms with Crippen molar-refractivity contribution in [1.29, 1.82) is 0 Å². The lowest BCUT2D eigenvalue weighted by molar-refractivity contribution is -0.0328. The highest BCUT2D eigenvalue weighted by Crippen LogP contribution is 2.37. The van der Waals surface area contributed by atoms with Crippen LogP contribution in [0, 0.1) is 0 Å². The molecule has 1 aromatic carbocycles. The van der Waals surface area contributed by atoms with Gasteiger partial charge in [0, 0.05) is 10.9 Å². The Bertz CT molecular complexity index is 354. The molecule has 0 spiro atoms. The number of nitrogens with two attached hydrogens (primary N) is 1. The van der Waals surface area contributed by atoms with E-state index in [9.17, 15) is 13.2 Å². The smallest absolute Gasteiger partial charge is 0.324 e. The molecule has 0 saturated heterocycles. The number of hydrogen-bond acceptors (Lipinski definition) is 2. The molecule has 0 radical (unpaired) electrons. The molecule has 2 N–H and O–H groups in total. The second-order valence-corrected chi connectivity index (χ2v) is 5.36. The number of hydrogen-bond donors (Lipinski definition) is 1. The van der Waals surface area contributed by atoms with Gasteiger partial charge in [0.25, 0.3) is 0 Å². The number of benzene rings is 1. The van der Waals surface area contributed by atoms with Crippen LogP contribution in [0.25, 0.3) is 0 Å². The van der Waals surface area contributed by atoms with E-state index in [1.165, 1.54) is 12.1 Å². The topological polar surface area (TPSA) is 26.0 Å². The average molecular weight is 314 g/mol. The van der Waals surface area contributed by atoms with Crippen LogP contribution in [0.15, 0.2) is 29.2 Å². The molecule has 1 atom stereocenters. The minimum absolute atomic E-state index is 0. The predicted molar refractivity (Wildman–Crippen MR) is 76.7 cm³/mol. The van der Waals surface area contributed by atoms with Crippen LogP contribution >= 0.6 is 24.2 Å². The maximum atomic E-state index is 12.1. The van der Waals surface area contributed by atoms with E-state index in [1.807, 2.05) is 0 Å². The maximum absolute atomic E-state index is 12.1. The van der Waals surface area contributed by atoms with Crippen molar-refractivity contribution in [3.05, 3.63) is 29.8 Å². The molecule has 0 aliphatic rings. The zero-order valence-corrected chi connectivity index (χ0v) is 12.4. The quantitative estimate of drug-likeness (QED) is 0.569. The Kier molecular flexibility index (Phi) is 8.54. The van der Waals surface area contributed by atoms with Gasteiger partial charge in [0.1, 0.15) is 0 Å². The van der Waals surface area contributed by atoms with Gasteiger partial charge >= 0.3 is 5.51 Å². The van der Waals surface area contributed by atoms with Gasteiger partial charge in [-0.2, -0.15) is 13.2 Å². The highest BCUT2D eigenvalue weighted by atomic mass is 35.5. The number of halogens is 4. The van der Waals surface area contributed by atoms with E-state index >= 15 is 0 Å². The Morgan fingerprint density at radius 2 is 1.74 bits per heavy atom. The molecule has 110 valence electrons. The van der Waals surface area contributed by atoms with Crippen LogP contribution in [0.4, 0.5) is 13.2 Å². The van der Waals surface area contributed by atoms with E-state index in [4.69, 9.17) is 5.73 Å². The molecule has 0 bridgehead atoms. The molecule has 19 heavy (non-hydrogen) atoms. The average Bonchev–Trinajstić information content (AvgIpc) is 2.28. The third-order valence-electron chi connectivity index (χ3n) is 2.66. The Balaban J connectivity index is 0.00000324. The van der Waals surface area contributed by atoms with Gasteiger partial charge in [-0.1, -0.05) is 38.3 Å². The molecule has 0 aromatic heterocycles. The van der Waals surface area contributed by atoms with Crippen LogP contribution < -0.4 is 5.73 Å². The second kappa shape index (κ2) is 8.72. The third-order valence-corrected chi connectivity index (χ3v) is 3.40. The molecule has 1 aromatic rings. The van der Waals surface area contributed by atoms with E-state index in [1.54, 1.807) is 12.1 Å². The number of unbranched alkanes of at least 4 members (excludes halogenated alkanes) is 2. The molecule has 0 fully saturated rings. The predicted octanol–water partition coefficient (Wildman–Crippen LogP) is 5.30. The zero-order chi connectivity index (χ0) is 13.6. The van der Waals surface area contributed by atoms with E-state index < -0.39 is 5.51 Å². The first-order valence-electron chi connectivity index (χ1n) is 6.03. The van der Waals surface area contributed by atoms with Crippen LogP contribution in [0.3, 0.4) is 0 Å². The van der Waals surface area contributed by atoms with Gasteiger partial charge in [0.05, 0.1) is 0 Å². The summed E-state index contributed by atoms with van der Waals surface area (Å²) in [7, 11) is 0. The van der Waals surface area contributed by atoms with Crippen molar-refractivity contribution in [1.82, 2.24) is 0 Å². The molecule has 0 aliphatic carbocycles. The van der Waals surface area contributed by atoms with E-state index in [-0.39, 0.29) is 35.1 Å². The summed E-state index contributed by atoms with van der Waals surface area (Å²) in [4.78, 5) is 0.201. The Morgan fingerprint density at radius 3 is 2.21 bits per heavy atom. The van der Waals surface area contributed by atoms with Crippen molar-refractivity contribution in [2.75, 3.05) is 0 Å². The Hall–Kier alpha value is -0.390. The summed E-state index contributed by atoms with van der Waals surface area (Å²) >= 11 is -0.0982. The van der Waals surface area contributed by atoms with Crippen LogP contribution in [-0.2, 0) is 0 Å². The lowest BCUT2D eigenvalue weighted by Gasteiger charge is -2.12. The second-order valence-electron chi connectivity index (χ2n) is 4.22. The first kappa shape index (κ1) is 18.6. The van der Waals surface area contributed by atoms with Crippen molar-refractivity contribution in [2.45, 2.75) is 49.1 Å². The van der Waals surface area contributed by atoms with Gasteiger partial charge in [0.15, 0.2) is 0 Å². The molecule has 0 heterocycles. The minimum atomic E-state index is -4.23. The summed E-state index contributed by atoms with van der Waals surface area (Å²) < 4.78 is 36.4. The highest BCUT2D eigenvalue weighted by Gasteiger charge is 2.29. The summed E-state index contributed by atoms with van der Waals surface area (Å²) in [6.45, 7) is 2.12. The fourth-order valence-electron chi connectivity index (χ4n) is 1.70. The summed E-state index contributed by atoms with van der Waals surface area (Å²) in [5.41, 5.74) is 2.65. The normalized spacial score (nSPS) is 12.9. The van der Waals surface area contributed by atoms with Gasteiger partial charge in [-0.05, 0) is 35.9 Å². The zero-order valence-electron chi connectivity index (χ0n) is 10.7. The van der Waals surface area contributed by atoms with Crippen molar-refractivity contribution < 1.29 is 13.2 Å². The van der Waals surface area contributed by atoms with Crippen molar-refractivity contribution in [3.8, 4) is 0 Å². The lowest BCUT2D eigenvalue weighted by Crippen LogP contribution is -2.10. The fourth-order valence-corrected chi connectivity index (χ4v) is 2.24. The molecule has 6 heteroatoms. The first-order valence-corrected chi connectivity index (χ1v) is 6.85. The SMILES string of the molecule is CCCCC[C@H](N)c1ccc(SC(F)(F)F)cc1.Cl. The lowest BCUT2D eigenvalue weighted by atomic mass is 10.0. The summed E-state index contributed by atoms with van der Waals surface area (Å²) in [5, 5.41) is 0. The van der Waals surface area contributed by atoms with Crippen molar-refractivity contribution in [2.24, 2.45) is 5.73 Å². The summed E-state index contributed by atoms with van der Waals surface area (Å²) in [5.74, 6) is 0. The minimum Gasteiger partial charge on any atom is -0.324 e. The maximum Gasteiger partial charge on any atom is 0.446 e. The largest absolute Gasteiger partial charge is 0.446 e. The van der Waals surface area contributed by atoms with Crippen molar-refractivity contribution in [3.63, 3.8) is 0 Å². The standard InChI is InChI=1S/C13H18F3NS.ClH/c1-2-3-4-5-12(17)10-6-8-11(9-7-10)18-13(14,15)16;/h6-9,12H,2-5,17H2,1H3;1H/t12-;/m0./s1. The summed E-state index contributed by atoms with van der Waals surface area (Å²) in [6.07, 6.45) is 4.19. The molecule has 1 nitrogen and oxygen atoms in total. The van der Waals surface area contributed by atoms with Crippen LogP contribution in [0.2, 0.25) is 0 Å². The summed E-state index contributed by atoms with van der Waals surface area (Å²) in [6, 6.07) is 6.25. The highest BCUT2D eigenvalue weighted by molar-refractivity contribution is 8.00. The van der Waals surface area contributed by atoms with Gasteiger partial charge in [-0.25, -0.2) is 0 Å². The molecular formula is C13H19ClF3NS. The fraction of sp³-hybridized carbons (Fsp3) is 0.538. The molecular weight excluding hydrogens is 295 g/mol. The van der Waals surface area contributed by atoms with Gasteiger partial charge in [0.2, 0.25) is 0 Å². The van der Waals surface area contributed by atoms with E-state index in [0.29, 0.717) is 0 Å². The van der Waals surface area contributed by atoms with Crippen LogP contribution in [0.1, 0.15) is 44.2 Å². The van der Waals surface area contributed by atoms with Crippen LogP contribution in [-0.4, -0.2) is 5.51 Å². The first-order chi connectivity index (χ1) is 8.42. The number of alkyl halides is 3. The van der Waals surface area contributed by atoms with Gasteiger partial charge in [-0.15, -0.1) is 12.4 Å². The monoisotopic (exact) mass is 313 g/mol. The van der Waals surface area contributed by atoms with E-state index in [2.05, 4.69) is 6.92 Å². The number of rotatable bonds is 6.